The topological polar surface area (TPSA) is 62.5 Å². The lowest BCUT2D eigenvalue weighted by Crippen LogP contribution is -2.22. The molecule has 0 aliphatic carbocycles. The Morgan fingerprint density at radius 1 is 1.15 bits per heavy atom. The molecule has 0 fully saturated rings. The fourth-order valence-corrected chi connectivity index (χ4v) is 2.32. The number of nitrogens with one attached hydrogen (secondary N) is 1. The number of aromatic carboxylic acids is 1. The Kier molecular flexibility index (Phi) is 4.25. The summed E-state index contributed by atoms with van der Waals surface area (Å²) >= 11 is 0. The van der Waals surface area contributed by atoms with Gasteiger partial charge in [0.05, 0.1) is 6.04 Å². The highest BCUT2D eigenvalue weighted by Gasteiger charge is 2.17. The number of hydrogen-bond acceptors (Lipinski definition) is 3. The summed E-state index contributed by atoms with van der Waals surface area (Å²) < 4.78 is 5.31. The van der Waals surface area contributed by atoms with E-state index in [0.29, 0.717) is 5.76 Å². The first-order valence-electron chi connectivity index (χ1n) is 6.63. The summed E-state index contributed by atoms with van der Waals surface area (Å²) in [6.07, 6.45) is 0. The molecule has 0 saturated heterocycles. The van der Waals surface area contributed by atoms with Crippen LogP contribution in [0.5, 0.6) is 0 Å². The van der Waals surface area contributed by atoms with Gasteiger partial charge < -0.3 is 14.8 Å². The maximum Gasteiger partial charge on any atom is 0.371 e. The molecule has 0 amide bonds. The van der Waals surface area contributed by atoms with E-state index >= 15 is 0 Å². The van der Waals surface area contributed by atoms with Crippen molar-refractivity contribution in [3.8, 4) is 0 Å². The molecule has 2 atom stereocenters. The third-order valence-corrected chi connectivity index (χ3v) is 3.42. The zero-order chi connectivity index (χ0) is 14.7. The molecule has 4 nitrogen and oxygen atoms in total. The molecule has 0 saturated carbocycles. The summed E-state index contributed by atoms with van der Waals surface area (Å²) in [6, 6.07) is 11.5. The van der Waals surface area contributed by atoms with Gasteiger partial charge in [0, 0.05) is 6.04 Å². The maximum absolute atomic E-state index is 10.8. The largest absolute Gasteiger partial charge is 0.475 e. The second-order valence-corrected chi connectivity index (χ2v) is 4.97. The first-order chi connectivity index (χ1) is 9.49. The monoisotopic (exact) mass is 273 g/mol. The third-order valence-electron chi connectivity index (χ3n) is 3.42. The van der Waals surface area contributed by atoms with Crippen molar-refractivity contribution in [1.29, 1.82) is 0 Å². The highest BCUT2D eigenvalue weighted by molar-refractivity contribution is 5.84. The highest BCUT2D eigenvalue weighted by atomic mass is 16.4. The van der Waals surface area contributed by atoms with Crippen molar-refractivity contribution in [1.82, 2.24) is 5.32 Å². The van der Waals surface area contributed by atoms with Crippen LogP contribution in [-0.2, 0) is 0 Å². The van der Waals surface area contributed by atoms with Gasteiger partial charge in [-0.2, -0.15) is 0 Å². The van der Waals surface area contributed by atoms with Gasteiger partial charge in [0.2, 0.25) is 5.76 Å². The van der Waals surface area contributed by atoms with Gasteiger partial charge in [0.15, 0.2) is 0 Å². The molecular formula is C16H19NO3. The van der Waals surface area contributed by atoms with E-state index in [-0.39, 0.29) is 17.8 Å². The Morgan fingerprint density at radius 2 is 1.85 bits per heavy atom. The number of rotatable bonds is 5. The minimum atomic E-state index is -1.05. The van der Waals surface area contributed by atoms with E-state index < -0.39 is 5.97 Å². The molecule has 0 radical (unpaired) electrons. The van der Waals surface area contributed by atoms with Gasteiger partial charge in [-0.1, -0.05) is 24.3 Å². The lowest BCUT2D eigenvalue weighted by molar-refractivity contribution is 0.0659. The van der Waals surface area contributed by atoms with E-state index in [1.165, 1.54) is 17.2 Å². The van der Waals surface area contributed by atoms with Gasteiger partial charge in [-0.15, -0.1) is 0 Å². The number of aryl methyl sites for hydroxylation is 1. The summed E-state index contributed by atoms with van der Waals surface area (Å²) in [6.45, 7) is 6.12. The Morgan fingerprint density at radius 3 is 2.45 bits per heavy atom. The van der Waals surface area contributed by atoms with E-state index in [4.69, 9.17) is 9.52 Å². The third kappa shape index (κ3) is 3.08. The minimum absolute atomic E-state index is 0.0304. The van der Waals surface area contributed by atoms with Crippen LogP contribution < -0.4 is 5.32 Å². The molecule has 0 aliphatic heterocycles. The molecule has 1 heterocycles. The van der Waals surface area contributed by atoms with E-state index in [1.807, 2.05) is 19.1 Å². The average molecular weight is 273 g/mol. The van der Waals surface area contributed by atoms with E-state index in [9.17, 15) is 4.79 Å². The smallest absolute Gasteiger partial charge is 0.371 e. The average Bonchev–Trinajstić information content (AvgIpc) is 2.88. The van der Waals surface area contributed by atoms with Crippen LogP contribution in [0.2, 0.25) is 0 Å². The van der Waals surface area contributed by atoms with Crippen LogP contribution >= 0.6 is 0 Å². The number of carbonyl (C=O) groups is 1. The summed E-state index contributed by atoms with van der Waals surface area (Å²) in [5.74, 6) is -0.449. The first kappa shape index (κ1) is 14.3. The van der Waals surface area contributed by atoms with Crippen LogP contribution in [0.25, 0.3) is 0 Å². The van der Waals surface area contributed by atoms with Crippen LogP contribution in [0.3, 0.4) is 0 Å². The molecule has 2 unspecified atom stereocenters. The van der Waals surface area contributed by atoms with Crippen molar-refractivity contribution >= 4 is 5.97 Å². The van der Waals surface area contributed by atoms with Gasteiger partial charge in [-0.05, 0) is 44.0 Å². The van der Waals surface area contributed by atoms with Crippen molar-refractivity contribution < 1.29 is 14.3 Å². The number of furan rings is 1. The summed E-state index contributed by atoms with van der Waals surface area (Å²) in [7, 11) is 0. The quantitative estimate of drug-likeness (QED) is 0.872. The lowest BCUT2D eigenvalue weighted by Gasteiger charge is -2.20. The number of benzene rings is 1. The molecule has 0 spiro atoms. The number of hydrogen-bond donors (Lipinski definition) is 2. The Labute approximate surface area is 118 Å². The predicted octanol–water partition coefficient (Wildman–Crippen LogP) is 3.70. The van der Waals surface area contributed by atoms with E-state index in [0.717, 1.165) is 0 Å². The number of carboxylic acids is 1. The van der Waals surface area contributed by atoms with Gasteiger partial charge in [-0.3, -0.25) is 0 Å². The SMILES string of the molecule is Cc1ccccc1C(C)NC(C)c1ccc(C(=O)O)o1. The first-order valence-corrected chi connectivity index (χ1v) is 6.63. The highest BCUT2D eigenvalue weighted by Crippen LogP contribution is 2.23. The molecule has 20 heavy (non-hydrogen) atoms. The molecule has 106 valence electrons. The van der Waals surface area contributed by atoms with Crippen molar-refractivity contribution in [3.05, 3.63) is 59.0 Å². The molecule has 4 heteroatoms. The van der Waals surface area contributed by atoms with Crippen LogP contribution in [0, 0.1) is 6.92 Å². The van der Waals surface area contributed by atoms with Crippen molar-refractivity contribution in [2.24, 2.45) is 0 Å². The number of carboxylic acid groups (broad SMARTS) is 1. The van der Waals surface area contributed by atoms with Gasteiger partial charge in [0.25, 0.3) is 0 Å². The second kappa shape index (κ2) is 5.92. The van der Waals surface area contributed by atoms with Crippen LogP contribution in [-0.4, -0.2) is 11.1 Å². The Bertz CT molecular complexity index is 603. The fraction of sp³-hybridized carbons (Fsp3) is 0.312. The molecule has 2 rings (SSSR count). The van der Waals surface area contributed by atoms with Crippen LogP contribution in [0.15, 0.2) is 40.8 Å². The normalized spacial score (nSPS) is 13.9. The van der Waals surface area contributed by atoms with Crippen molar-refractivity contribution in [3.63, 3.8) is 0 Å². The Balaban J connectivity index is 2.09. The lowest BCUT2D eigenvalue weighted by atomic mass is 10.0. The molecule has 1 aromatic carbocycles. The van der Waals surface area contributed by atoms with E-state index in [2.05, 4.69) is 31.3 Å². The zero-order valence-electron chi connectivity index (χ0n) is 11.9. The molecule has 0 bridgehead atoms. The molecule has 2 aromatic rings. The standard InChI is InChI=1S/C16H19NO3/c1-10-6-4-5-7-13(10)11(2)17-12(3)14-8-9-15(20-14)16(18)19/h4-9,11-12,17H,1-3H3,(H,18,19). The van der Waals surface area contributed by atoms with Crippen LogP contribution in [0.4, 0.5) is 0 Å². The minimum Gasteiger partial charge on any atom is -0.475 e. The molecule has 0 aliphatic rings. The fourth-order valence-electron chi connectivity index (χ4n) is 2.32. The summed E-state index contributed by atoms with van der Waals surface area (Å²) in [5.41, 5.74) is 2.45. The summed E-state index contributed by atoms with van der Waals surface area (Å²) in [4.78, 5) is 10.8. The molecule has 1 aromatic heterocycles. The molecule has 2 N–H and O–H groups in total. The zero-order valence-corrected chi connectivity index (χ0v) is 11.9. The molecular weight excluding hydrogens is 254 g/mol. The van der Waals surface area contributed by atoms with E-state index in [1.54, 1.807) is 6.07 Å². The second-order valence-electron chi connectivity index (χ2n) is 4.97. The van der Waals surface area contributed by atoms with Crippen molar-refractivity contribution in [2.75, 3.05) is 0 Å². The van der Waals surface area contributed by atoms with Gasteiger partial charge >= 0.3 is 5.97 Å². The van der Waals surface area contributed by atoms with Gasteiger partial charge in [0.1, 0.15) is 5.76 Å². The van der Waals surface area contributed by atoms with Crippen LogP contribution in [0.1, 0.15) is 53.4 Å². The summed E-state index contributed by atoms with van der Waals surface area (Å²) in [5, 5.41) is 12.3. The van der Waals surface area contributed by atoms with Crippen molar-refractivity contribution in [2.45, 2.75) is 32.9 Å². The predicted molar refractivity (Wildman–Crippen MR) is 76.8 cm³/mol. The van der Waals surface area contributed by atoms with Gasteiger partial charge in [-0.25, -0.2) is 4.79 Å². The Hall–Kier alpha value is -2.07. The maximum atomic E-state index is 10.8.